The molecular weight excluding hydrogens is 396 g/mol. The van der Waals surface area contributed by atoms with Gasteiger partial charge in [0.15, 0.2) is 0 Å². The third-order valence-electron chi connectivity index (χ3n) is 7.01. The first-order valence-corrected chi connectivity index (χ1v) is 10.9. The summed E-state index contributed by atoms with van der Waals surface area (Å²) in [6.07, 6.45) is 3.95. The quantitative estimate of drug-likeness (QED) is 0.703. The Labute approximate surface area is 182 Å². The summed E-state index contributed by atoms with van der Waals surface area (Å²) in [6.45, 7) is 6.81. The molecule has 1 spiro atoms. The Hall–Kier alpha value is -2.57. The molecule has 0 unspecified atom stereocenters. The first kappa shape index (κ1) is 19.4. The summed E-state index contributed by atoms with van der Waals surface area (Å²) >= 11 is 6.49. The average Bonchev–Trinajstić information content (AvgIpc) is 3.38. The number of anilines is 2. The fourth-order valence-corrected chi connectivity index (χ4v) is 5.37. The molecule has 1 fully saturated rings. The van der Waals surface area contributed by atoms with Crippen molar-refractivity contribution in [2.45, 2.75) is 31.7 Å². The Morgan fingerprint density at radius 2 is 2.03 bits per heavy atom. The number of hydrogen-bond donors (Lipinski definition) is 3. The number of allylic oxidation sites excluding steroid dienone is 1. The van der Waals surface area contributed by atoms with Crippen LogP contribution in [0.1, 0.15) is 42.0 Å². The molecule has 1 atom stereocenters. The van der Waals surface area contributed by atoms with E-state index in [-0.39, 0.29) is 11.5 Å². The van der Waals surface area contributed by atoms with Crippen LogP contribution in [-0.4, -0.2) is 30.3 Å². The van der Waals surface area contributed by atoms with E-state index in [1.165, 1.54) is 11.1 Å². The minimum absolute atomic E-state index is 0.0994. The van der Waals surface area contributed by atoms with Crippen molar-refractivity contribution in [1.29, 1.82) is 0 Å². The van der Waals surface area contributed by atoms with Gasteiger partial charge in [-0.1, -0.05) is 42.4 Å². The Morgan fingerprint density at radius 3 is 2.73 bits per heavy atom. The number of nitrogens with two attached hydrogens (primary N) is 2. The highest BCUT2D eigenvalue weighted by Crippen LogP contribution is 2.51. The van der Waals surface area contributed by atoms with Gasteiger partial charge in [-0.05, 0) is 47.4 Å². The molecule has 5 N–H and O–H groups in total. The summed E-state index contributed by atoms with van der Waals surface area (Å²) in [5.74, 6) is 1.18. The highest BCUT2D eigenvalue weighted by atomic mass is 35.5. The van der Waals surface area contributed by atoms with Gasteiger partial charge >= 0.3 is 0 Å². The van der Waals surface area contributed by atoms with Gasteiger partial charge in [-0.2, -0.15) is 5.10 Å². The van der Waals surface area contributed by atoms with Crippen LogP contribution in [0.3, 0.4) is 0 Å². The molecule has 7 heteroatoms. The third-order valence-corrected chi connectivity index (χ3v) is 7.40. The van der Waals surface area contributed by atoms with Crippen molar-refractivity contribution >= 4 is 34.5 Å². The van der Waals surface area contributed by atoms with Gasteiger partial charge in [0.05, 0.1) is 10.7 Å². The van der Waals surface area contributed by atoms with Crippen LogP contribution >= 0.6 is 11.6 Å². The number of aromatic nitrogens is 1. The molecule has 1 aliphatic carbocycles. The second kappa shape index (κ2) is 7.29. The molecule has 0 saturated carbocycles. The summed E-state index contributed by atoms with van der Waals surface area (Å²) in [6, 6.07) is 10.7. The van der Waals surface area contributed by atoms with Gasteiger partial charge in [-0.3, -0.25) is 0 Å². The summed E-state index contributed by atoms with van der Waals surface area (Å²) in [5.41, 5.74) is 21.3. The lowest BCUT2D eigenvalue weighted by Gasteiger charge is -2.42. The highest BCUT2D eigenvalue weighted by Gasteiger charge is 2.45. The molecule has 30 heavy (non-hydrogen) atoms. The van der Waals surface area contributed by atoms with E-state index in [4.69, 9.17) is 23.1 Å². The van der Waals surface area contributed by atoms with Crippen LogP contribution in [0, 0.1) is 5.41 Å². The molecule has 5 rings (SSSR count). The van der Waals surface area contributed by atoms with Gasteiger partial charge in [0, 0.05) is 37.7 Å². The predicted octanol–water partition coefficient (Wildman–Crippen LogP) is 3.52. The first-order chi connectivity index (χ1) is 14.5. The van der Waals surface area contributed by atoms with Gasteiger partial charge in [0.1, 0.15) is 11.6 Å². The maximum absolute atomic E-state index is 6.72. The maximum Gasteiger partial charge on any atom is 0.145 e. The minimum Gasteiger partial charge on any atom is -0.382 e. The van der Waals surface area contributed by atoms with Gasteiger partial charge in [-0.15, -0.1) is 0 Å². The zero-order valence-electron chi connectivity index (χ0n) is 17.0. The number of fused-ring (bicyclic) bond motifs is 1. The van der Waals surface area contributed by atoms with Crippen LogP contribution in [-0.2, 0) is 6.42 Å². The predicted molar refractivity (Wildman–Crippen MR) is 124 cm³/mol. The van der Waals surface area contributed by atoms with Crippen molar-refractivity contribution in [3.8, 4) is 0 Å². The lowest BCUT2D eigenvalue weighted by molar-refractivity contribution is 0.187. The summed E-state index contributed by atoms with van der Waals surface area (Å²) in [4.78, 5) is 6.87. The molecule has 1 aromatic carbocycles. The third kappa shape index (κ3) is 3.06. The van der Waals surface area contributed by atoms with E-state index in [0.29, 0.717) is 10.8 Å². The molecule has 1 saturated heterocycles. The van der Waals surface area contributed by atoms with Crippen molar-refractivity contribution in [2.24, 2.45) is 16.3 Å². The average molecular weight is 423 g/mol. The molecule has 6 nitrogen and oxygen atoms in total. The van der Waals surface area contributed by atoms with Crippen LogP contribution in [0.25, 0.3) is 5.57 Å². The molecule has 3 heterocycles. The number of rotatable bonds is 3. The SMILES string of the molecule is C=C(C1=NNCC1)c1cc(N2CCC3(CC2)Cc2ccccc2[C@H]3N)nc(N)c1Cl. The fourth-order valence-electron chi connectivity index (χ4n) is 5.16. The molecule has 0 radical (unpaired) electrons. The molecular formula is C23H27ClN6. The summed E-state index contributed by atoms with van der Waals surface area (Å²) in [7, 11) is 0. The zero-order valence-corrected chi connectivity index (χ0v) is 17.8. The van der Waals surface area contributed by atoms with Crippen LogP contribution < -0.4 is 21.8 Å². The van der Waals surface area contributed by atoms with E-state index in [1.54, 1.807) is 0 Å². The van der Waals surface area contributed by atoms with E-state index < -0.39 is 0 Å². The van der Waals surface area contributed by atoms with Crippen LogP contribution in [0.2, 0.25) is 5.02 Å². The van der Waals surface area contributed by atoms with Gasteiger partial charge in [-0.25, -0.2) is 4.98 Å². The number of piperidine rings is 1. The number of halogens is 1. The van der Waals surface area contributed by atoms with Crippen molar-refractivity contribution in [3.05, 3.63) is 58.6 Å². The van der Waals surface area contributed by atoms with E-state index in [1.807, 2.05) is 6.07 Å². The Bertz CT molecular complexity index is 1040. The topological polar surface area (TPSA) is 92.6 Å². The summed E-state index contributed by atoms with van der Waals surface area (Å²) in [5, 5.41) is 4.77. The molecule has 156 valence electrons. The molecule has 3 aliphatic rings. The standard InChI is InChI=1S/C23H27ClN6/c1-14(18-6-9-27-29-18)17-12-19(28-22(26)20(17)24)30-10-7-23(8-11-30)13-15-4-2-3-5-16(15)21(23)25/h2-5,12,21,27H,1,6-11,13,25H2,(H2,26,28)/t21-/m1/s1. The van der Waals surface area contributed by atoms with Gasteiger partial charge in [0.2, 0.25) is 0 Å². The number of pyridine rings is 1. The van der Waals surface area contributed by atoms with Gasteiger partial charge in [0.25, 0.3) is 0 Å². The van der Waals surface area contributed by atoms with E-state index in [0.717, 1.165) is 68.0 Å². The Balaban J connectivity index is 1.37. The first-order valence-electron chi connectivity index (χ1n) is 10.5. The number of benzene rings is 1. The van der Waals surface area contributed by atoms with E-state index in [2.05, 4.69) is 51.3 Å². The Kier molecular flexibility index (Phi) is 4.71. The highest BCUT2D eigenvalue weighted by molar-refractivity contribution is 6.37. The lowest BCUT2D eigenvalue weighted by Crippen LogP contribution is -2.44. The number of nitrogen functional groups attached to an aromatic ring is 1. The fraction of sp³-hybridized carbons (Fsp3) is 0.391. The van der Waals surface area contributed by atoms with Crippen molar-refractivity contribution in [3.63, 3.8) is 0 Å². The number of hydrogen-bond acceptors (Lipinski definition) is 6. The maximum atomic E-state index is 6.72. The molecule has 1 aromatic heterocycles. The minimum atomic E-state index is 0.0994. The lowest BCUT2D eigenvalue weighted by atomic mass is 9.73. The normalized spacial score (nSPS) is 22.0. The molecule has 2 aromatic rings. The zero-order chi connectivity index (χ0) is 20.9. The number of hydrazone groups is 1. The largest absolute Gasteiger partial charge is 0.382 e. The van der Waals surface area contributed by atoms with E-state index in [9.17, 15) is 0 Å². The van der Waals surface area contributed by atoms with Gasteiger partial charge < -0.3 is 21.8 Å². The van der Waals surface area contributed by atoms with Crippen molar-refractivity contribution in [2.75, 3.05) is 30.3 Å². The number of nitrogens with one attached hydrogen (secondary N) is 1. The van der Waals surface area contributed by atoms with Crippen molar-refractivity contribution < 1.29 is 0 Å². The van der Waals surface area contributed by atoms with E-state index >= 15 is 0 Å². The number of nitrogens with zero attached hydrogens (tertiary/aromatic N) is 3. The van der Waals surface area contributed by atoms with Crippen LogP contribution in [0.4, 0.5) is 11.6 Å². The van der Waals surface area contributed by atoms with Crippen molar-refractivity contribution in [1.82, 2.24) is 10.4 Å². The van der Waals surface area contributed by atoms with Crippen LogP contribution in [0.15, 0.2) is 42.0 Å². The second-order valence-corrected chi connectivity index (χ2v) is 9.00. The smallest absolute Gasteiger partial charge is 0.145 e. The summed E-state index contributed by atoms with van der Waals surface area (Å²) < 4.78 is 0. The Morgan fingerprint density at radius 1 is 1.27 bits per heavy atom. The molecule has 0 bridgehead atoms. The second-order valence-electron chi connectivity index (χ2n) is 8.63. The van der Waals surface area contributed by atoms with Crippen LogP contribution in [0.5, 0.6) is 0 Å². The molecule has 0 amide bonds. The monoisotopic (exact) mass is 422 g/mol. The molecule has 2 aliphatic heterocycles.